The molecule has 0 rings (SSSR count). The van der Waals surface area contributed by atoms with E-state index in [1.165, 1.54) is 0 Å². The van der Waals surface area contributed by atoms with Crippen LogP contribution in [0.3, 0.4) is 0 Å². The first-order valence-corrected chi connectivity index (χ1v) is 4.46. The van der Waals surface area contributed by atoms with E-state index in [1.807, 2.05) is 6.92 Å². The molecule has 0 fully saturated rings. The van der Waals surface area contributed by atoms with Crippen molar-refractivity contribution < 1.29 is 9.53 Å². The third-order valence-corrected chi connectivity index (χ3v) is 1.30. The van der Waals surface area contributed by atoms with Crippen LogP contribution in [-0.4, -0.2) is 12.6 Å². The van der Waals surface area contributed by atoms with Crippen molar-refractivity contribution in [2.24, 2.45) is 0 Å². The maximum atomic E-state index is 10.8. The number of ether oxygens (including phenoxy) is 1. The van der Waals surface area contributed by atoms with Crippen LogP contribution < -0.4 is 0 Å². The Hall–Kier alpha value is -0.970. The highest BCUT2D eigenvalue weighted by atomic mass is 16.5. The molecule has 0 amide bonds. The molecule has 0 saturated heterocycles. The van der Waals surface area contributed by atoms with Gasteiger partial charge in [0.2, 0.25) is 0 Å². The van der Waals surface area contributed by atoms with Crippen molar-refractivity contribution >= 4 is 5.97 Å². The summed E-state index contributed by atoms with van der Waals surface area (Å²) in [6.07, 6.45) is 3.70. The molecule has 0 heterocycles. The van der Waals surface area contributed by atoms with E-state index < -0.39 is 5.97 Å². The van der Waals surface area contributed by atoms with Crippen molar-refractivity contribution in [3.8, 4) is 11.8 Å². The van der Waals surface area contributed by atoms with Crippen LogP contribution in [0.25, 0.3) is 0 Å². The van der Waals surface area contributed by atoms with Gasteiger partial charge in [0.1, 0.15) is 0 Å². The molecule has 0 aliphatic heterocycles. The minimum absolute atomic E-state index is 0.392. The molecule has 12 heavy (non-hydrogen) atoms. The highest BCUT2D eigenvalue weighted by Gasteiger charge is 1.93. The van der Waals surface area contributed by atoms with E-state index in [-0.39, 0.29) is 0 Å². The third kappa shape index (κ3) is 7.14. The van der Waals surface area contributed by atoms with Crippen LogP contribution in [0.2, 0.25) is 0 Å². The van der Waals surface area contributed by atoms with Crippen LogP contribution in [0, 0.1) is 11.8 Å². The monoisotopic (exact) mass is 168 g/mol. The lowest BCUT2D eigenvalue weighted by Gasteiger charge is -1.96. The van der Waals surface area contributed by atoms with E-state index >= 15 is 0 Å². The van der Waals surface area contributed by atoms with Crippen molar-refractivity contribution in [3.05, 3.63) is 0 Å². The van der Waals surface area contributed by atoms with E-state index in [2.05, 4.69) is 18.8 Å². The molecule has 0 aliphatic rings. The van der Waals surface area contributed by atoms with Gasteiger partial charge in [-0.2, -0.15) is 0 Å². The van der Waals surface area contributed by atoms with Gasteiger partial charge in [0.25, 0.3) is 0 Å². The highest BCUT2D eigenvalue weighted by molar-refractivity contribution is 5.88. The number of carbonyl (C=O) groups is 1. The summed E-state index contributed by atoms with van der Waals surface area (Å²) in [5, 5.41) is 0. The molecule has 0 bridgehead atoms. The number of hydrogen-bond donors (Lipinski definition) is 0. The van der Waals surface area contributed by atoms with Crippen LogP contribution >= 0.6 is 0 Å². The highest BCUT2D eigenvalue weighted by Crippen LogP contribution is 1.88. The average Bonchev–Trinajstić information content (AvgIpc) is 2.06. The lowest BCUT2D eigenvalue weighted by molar-refractivity contribution is -0.136. The van der Waals surface area contributed by atoms with Crippen LogP contribution in [0.5, 0.6) is 0 Å². The number of esters is 1. The predicted molar refractivity (Wildman–Crippen MR) is 48.6 cm³/mol. The van der Waals surface area contributed by atoms with E-state index in [1.54, 1.807) is 0 Å². The van der Waals surface area contributed by atoms with Crippen molar-refractivity contribution in [1.29, 1.82) is 0 Å². The summed E-state index contributed by atoms with van der Waals surface area (Å²) in [6, 6.07) is 0. The van der Waals surface area contributed by atoms with Gasteiger partial charge in [-0.05, 0) is 12.8 Å². The molecule has 0 aromatic carbocycles. The summed E-state index contributed by atoms with van der Waals surface area (Å²) in [5.41, 5.74) is 0. The molecule has 0 saturated carbocycles. The number of hydrogen-bond acceptors (Lipinski definition) is 2. The second kappa shape index (κ2) is 8.13. The van der Waals surface area contributed by atoms with Gasteiger partial charge in [-0.3, -0.25) is 0 Å². The van der Waals surface area contributed by atoms with Crippen LogP contribution in [0.1, 0.15) is 39.5 Å². The van der Waals surface area contributed by atoms with Crippen molar-refractivity contribution in [1.82, 2.24) is 0 Å². The zero-order valence-corrected chi connectivity index (χ0v) is 7.85. The molecule has 0 aromatic rings. The Morgan fingerprint density at radius 3 is 2.67 bits per heavy atom. The molecule has 0 aromatic heterocycles. The largest absolute Gasteiger partial charge is 0.456 e. The van der Waals surface area contributed by atoms with Gasteiger partial charge in [-0.1, -0.05) is 26.2 Å². The molecule has 68 valence electrons. The molecule has 2 heteroatoms. The van der Waals surface area contributed by atoms with Gasteiger partial charge in [0, 0.05) is 12.3 Å². The maximum Gasteiger partial charge on any atom is 0.384 e. The Kier molecular flexibility index (Phi) is 7.47. The Labute approximate surface area is 74.3 Å². The lowest BCUT2D eigenvalue weighted by atomic mass is 10.3. The molecule has 0 radical (unpaired) electrons. The summed E-state index contributed by atoms with van der Waals surface area (Å²) < 4.78 is 4.82. The molecule has 0 N–H and O–H groups in total. The minimum atomic E-state index is -0.392. The molecular weight excluding hydrogens is 152 g/mol. The molecular formula is C10H16O2. The van der Waals surface area contributed by atoms with Gasteiger partial charge in [0.15, 0.2) is 0 Å². The third-order valence-electron chi connectivity index (χ3n) is 1.30. The zero-order chi connectivity index (χ0) is 9.23. The van der Waals surface area contributed by atoms with Crippen molar-refractivity contribution in [3.63, 3.8) is 0 Å². The lowest BCUT2D eigenvalue weighted by Crippen LogP contribution is -2.02. The summed E-state index contributed by atoms with van der Waals surface area (Å²) in [6.45, 7) is 4.57. The fourth-order valence-electron chi connectivity index (χ4n) is 0.605. The Morgan fingerprint density at radius 1 is 1.33 bits per heavy atom. The molecule has 0 atom stereocenters. The molecule has 2 nitrogen and oxygen atoms in total. The van der Waals surface area contributed by atoms with E-state index in [9.17, 15) is 4.79 Å². The van der Waals surface area contributed by atoms with Crippen LogP contribution in [0.4, 0.5) is 0 Å². The van der Waals surface area contributed by atoms with Crippen LogP contribution in [-0.2, 0) is 9.53 Å². The summed E-state index contributed by atoms with van der Waals surface area (Å²) >= 11 is 0. The summed E-state index contributed by atoms with van der Waals surface area (Å²) in [4.78, 5) is 10.8. The Bertz CT molecular complexity index is 174. The van der Waals surface area contributed by atoms with E-state index in [0.29, 0.717) is 6.61 Å². The number of carbonyl (C=O) groups excluding carboxylic acids is 1. The molecule has 0 aliphatic carbocycles. The normalized spacial score (nSPS) is 8.50. The van der Waals surface area contributed by atoms with Gasteiger partial charge in [-0.15, -0.1) is 0 Å². The minimum Gasteiger partial charge on any atom is -0.456 e. The van der Waals surface area contributed by atoms with Gasteiger partial charge >= 0.3 is 5.97 Å². The van der Waals surface area contributed by atoms with Gasteiger partial charge < -0.3 is 4.74 Å². The second-order valence-corrected chi connectivity index (χ2v) is 2.54. The van der Waals surface area contributed by atoms with Crippen LogP contribution in [0.15, 0.2) is 0 Å². The van der Waals surface area contributed by atoms with Crippen molar-refractivity contribution in [2.75, 3.05) is 6.61 Å². The molecule has 0 unspecified atom stereocenters. The van der Waals surface area contributed by atoms with Gasteiger partial charge in [-0.25, -0.2) is 4.79 Å². The number of unbranched alkanes of at least 4 members (excludes halogenated alkanes) is 2. The first kappa shape index (κ1) is 11.0. The Balaban J connectivity index is 3.41. The first-order valence-electron chi connectivity index (χ1n) is 4.46. The molecule has 0 spiro atoms. The van der Waals surface area contributed by atoms with Gasteiger partial charge in [0.05, 0.1) is 6.61 Å². The van der Waals surface area contributed by atoms with Crippen molar-refractivity contribution in [2.45, 2.75) is 39.5 Å². The second-order valence-electron chi connectivity index (χ2n) is 2.54. The first-order chi connectivity index (χ1) is 5.81. The maximum absolute atomic E-state index is 10.8. The number of rotatable bonds is 4. The SMILES string of the molecule is CCCC#CC(=O)OCCCC. The topological polar surface area (TPSA) is 26.3 Å². The summed E-state index contributed by atoms with van der Waals surface area (Å²) in [5.74, 6) is 4.78. The summed E-state index contributed by atoms with van der Waals surface area (Å²) in [7, 11) is 0. The average molecular weight is 168 g/mol. The smallest absolute Gasteiger partial charge is 0.384 e. The predicted octanol–water partition coefficient (Wildman–Crippen LogP) is 2.13. The fourth-order valence-corrected chi connectivity index (χ4v) is 0.605. The Morgan fingerprint density at radius 2 is 2.08 bits per heavy atom. The quantitative estimate of drug-likeness (QED) is 0.278. The van der Waals surface area contributed by atoms with E-state index in [0.717, 1.165) is 25.7 Å². The fraction of sp³-hybridized carbons (Fsp3) is 0.700. The standard InChI is InChI=1S/C10H16O2/c1-3-5-7-8-10(11)12-9-6-4-2/h3-6,9H2,1-2H3. The van der Waals surface area contributed by atoms with E-state index in [4.69, 9.17) is 4.74 Å². The zero-order valence-electron chi connectivity index (χ0n) is 7.85.